The molecule has 0 radical (unpaired) electrons. The Morgan fingerprint density at radius 3 is 2.34 bits per heavy atom. The fraction of sp³-hybridized carbons (Fsp3) is 0.273. The molecular weight excluding hydrogens is 378 g/mol. The first-order valence-corrected chi connectivity index (χ1v) is 9.24. The van der Waals surface area contributed by atoms with E-state index >= 15 is 0 Å². The molecule has 5 nitrogen and oxygen atoms in total. The number of halogens is 2. The van der Waals surface area contributed by atoms with Crippen molar-refractivity contribution >= 4 is 17.4 Å². The highest BCUT2D eigenvalue weighted by Gasteiger charge is 2.46. The summed E-state index contributed by atoms with van der Waals surface area (Å²) in [7, 11) is 3.77. The molecule has 29 heavy (non-hydrogen) atoms. The van der Waals surface area contributed by atoms with Crippen LogP contribution in [0.4, 0.5) is 8.78 Å². The normalized spacial score (nSPS) is 18.7. The summed E-state index contributed by atoms with van der Waals surface area (Å²) < 4.78 is 27.8. The molecule has 7 heteroatoms. The Morgan fingerprint density at radius 1 is 1.07 bits per heavy atom. The maximum Gasteiger partial charge on any atom is 0.295 e. The zero-order chi connectivity index (χ0) is 21.1. The van der Waals surface area contributed by atoms with E-state index in [9.17, 15) is 23.5 Å². The number of rotatable bonds is 6. The van der Waals surface area contributed by atoms with E-state index in [0.717, 1.165) is 12.1 Å². The van der Waals surface area contributed by atoms with Crippen LogP contribution in [0.1, 0.15) is 23.6 Å². The minimum atomic E-state index is -1.05. The van der Waals surface area contributed by atoms with Gasteiger partial charge in [-0.2, -0.15) is 0 Å². The third-order valence-electron chi connectivity index (χ3n) is 4.86. The number of aliphatic hydroxyl groups is 1. The molecule has 0 spiro atoms. The molecule has 1 fully saturated rings. The van der Waals surface area contributed by atoms with E-state index in [4.69, 9.17) is 0 Å². The Bertz CT molecular complexity index is 955. The lowest BCUT2D eigenvalue weighted by atomic mass is 9.95. The number of likely N-dealkylation sites (tertiary alicyclic amines) is 1. The first-order chi connectivity index (χ1) is 13.8. The Morgan fingerprint density at radius 2 is 1.72 bits per heavy atom. The van der Waals surface area contributed by atoms with E-state index in [1.165, 1.54) is 35.2 Å². The second-order valence-electron chi connectivity index (χ2n) is 7.18. The third kappa shape index (κ3) is 4.19. The quantitative estimate of drug-likeness (QED) is 0.459. The van der Waals surface area contributed by atoms with E-state index < -0.39 is 35.1 Å². The van der Waals surface area contributed by atoms with Crippen LogP contribution in [-0.2, 0) is 9.59 Å². The predicted octanol–water partition coefficient (Wildman–Crippen LogP) is 3.34. The van der Waals surface area contributed by atoms with Crippen molar-refractivity contribution in [3.8, 4) is 0 Å². The second-order valence-corrected chi connectivity index (χ2v) is 7.18. The van der Waals surface area contributed by atoms with Crippen molar-refractivity contribution in [2.45, 2.75) is 12.5 Å². The van der Waals surface area contributed by atoms with Crippen LogP contribution < -0.4 is 0 Å². The van der Waals surface area contributed by atoms with Gasteiger partial charge in [0, 0.05) is 17.7 Å². The number of nitrogens with zero attached hydrogens (tertiary/aromatic N) is 2. The summed E-state index contributed by atoms with van der Waals surface area (Å²) in [6.07, 6.45) is 0.571. The van der Waals surface area contributed by atoms with E-state index in [2.05, 4.69) is 0 Å². The first-order valence-electron chi connectivity index (χ1n) is 9.24. The van der Waals surface area contributed by atoms with Crippen molar-refractivity contribution < 1.29 is 23.5 Å². The fourth-order valence-corrected chi connectivity index (χ4v) is 3.45. The van der Waals surface area contributed by atoms with Gasteiger partial charge >= 0.3 is 0 Å². The predicted molar refractivity (Wildman–Crippen MR) is 105 cm³/mol. The number of carbonyl (C=O) groups excluding carboxylic acids is 2. The van der Waals surface area contributed by atoms with Crippen LogP contribution >= 0.6 is 0 Å². The number of aliphatic hydroxyl groups excluding tert-OH is 1. The number of benzene rings is 2. The summed E-state index contributed by atoms with van der Waals surface area (Å²) in [5.41, 5.74) is 0.107. The highest BCUT2D eigenvalue weighted by atomic mass is 19.1. The van der Waals surface area contributed by atoms with E-state index in [1.54, 1.807) is 6.07 Å². The van der Waals surface area contributed by atoms with Crippen LogP contribution in [0.15, 0.2) is 54.1 Å². The average molecular weight is 400 g/mol. The average Bonchev–Trinajstić information content (AvgIpc) is 2.93. The molecule has 1 N–H and O–H groups in total. The van der Waals surface area contributed by atoms with Gasteiger partial charge in [0.2, 0.25) is 0 Å². The molecular formula is C22H22F2N2O3. The zero-order valence-electron chi connectivity index (χ0n) is 16.2. The van der Waals surface area contributed by atoms with Crippen LogP contribution in [0.25, 0.3) is 5.76 Å². The van der Waals surface area contributed by atoms with Crippen molar-refractivity contribution in [3.63, 3.8) is 0 Å². The monoisotopic (exact) mass is 400 g/mol. The number of carbonyl (C=O) groups is 2. The third-order valence-corrected chi connectivity index (χ3v) is 4.86. The Balaban J connectivity index is 2.11. The summed E-state index contributed by atoms with van der Waals surface area (Å²) in [6, 6.07) is 9.69. The molecule has 0 aliphatic carbocycles. The van der Waals surface area contributed by atoms with Gasteiger partial charge in [0.05, 0.1) is 11.6 Å². The molecule has 1 amide bonds. The van der Waals surface area contributed by atoms with Crippen LogP contribution in [-0.4, -0.2) is 53.8 Å². The largest absolute Gasteiger partial charge is 0.507 e. The molecule has 1 atom stereocenters. The lowest BCUT2D eigenvalue weighted by Gasteiger charge is -2.26. The van der Waals surface area contributed by atoms with Gasteiger partial charge < -0.3 is 14.9 Å². The van der Waals surface area contributed by atoms with Crippen LogP contribution in [0.3, 0.4) is 0 Å². The fourth-order valence-electron chi connectivity index (χ4n) is 3.45. The van der Waals surface area contributed by atoms with Crippen molar-refractivity contribution in [1.82, 2.24) is 9.80 Å². The van der Waals surface area contributed by atoms with Gasteiger partial charge in [0.25, 0.3) is 11.7 Å². The topological polar surface area (TPSA) is 60.9 Å². The smallest absolute Gasteiger partial charge is 0.295 e. The van der Waals surface area contributed by atoms with Gasteiger partial charge in [-0.25, -0.2) is 8.78 Å². The van der Waals surface area contributed by atoms with Gasteiger partial charge in [-0.3, -0.25) is 9.59 Å². The maximum absolute atomic E-state index is 14.6. The van der Waals surface area contributed by atoms with Gasteiger partial charge in [-0.05, 0) is 57.4 Å². The number of ketones is 1. The lowest BCUT2D eigenvalue weighted by Crippen LogP contribution is -2.32. The molecule has 0 unspecified atom stereocenters. The van der Waals surface area contributed by atoms with Crippen molar-refractivity contribution in [1.29, 1.82) is 0 Å². The van der Waals surface area contributed by atoms with Gasteiger partial charge in [0.15, 0.2) is 0 Å². The van der Waals surface area contributed by atoms with Gasteiger partial charge in [-0.1, -0.05) is 18.2 Å². The molecule has 1 saturated heterocycles. The standard InChI is InChI=1S/C22H22F2N2O3/c1-25(2)12-5-13-26-19(16-6-3-4-7-17(16)24)18(21(28)22(26)29)20(27)14-8-10-15(23)11-9-14/h3-4,6-11,19,27H,5,12-13H2,1-2H3/t19-/m0/s1. The van der Waals surface area contributed by atoms with Gasteiger partial charge in [-0.15, -0.1) is 0 Å². The molecule has 2 aromatic carbocycles. The van der Waals surface area contributed by atoms with E-state index in [1.807, 2.05) is 19.0 Å². The molecule has 0 bridgehead atoms. The minimum Gasteiger partial charge on any atom is -0.507 e. The molecule has 2 aromatic rings. The van der Waals surface area contributed by atoms with E-state index in [0.29, 0.717) is 13.0 Å². The van der Waals surface area contributed by atoms with Crippen molar-refractivity contribution in [2.75, 3.05) is 27.2 Å². The number of amides is 1. The highest BCUT2D eigenvalue weighted by molar-refractivity contribution is 6.46. The van der Waals surface area contributed by atoms with Crippen LogP contribution in [0.5, 0.6) is 0 Å². The molecule has 1 aliphatic rings. The Labute approximate surface area is 167 Å². The Kier molecular flexibility index (Phi) is 6.08. The molecule has 0 aromatic heterocycles. The first kappa shape index (κ1) is 20.7. The SMILES string of the molecule is CN(C)CCCN1C(=O)C(=O)C(=C(O)c2ccc(F)cc2)[C@@H]1c1ccccc1F. The molecule has 152 valence electrons. The maximum atomic E-state index is 14.6. The van der Waals surface area contributed by atoms with E-state index in [-0.39, 0.29) is 23.2 Å². The molecule has 0 saturated carbocycles. The zero-order valence-corrected chi connectivity index (χ0v) is 16.2. The lowest BCUT2D eigenvalue weighted by molar-refractivity contribution is -0.140. The minimum absolute atomic E-state index is 0.125. The summed E-state index contributed by atoms with van der Waals surface area (Å²) in [5, 5.41) is 10.8. The van der Waals surface area contributed by atoms with Crippen molar-refractivity contribution in [2.24, 2.45) is 0 Å². The van der Waals surface area contributed by atoms with Gasteiger partial charge in [0.1, 0.15) is 17.4 Å². The highest BCUT2D eigenvalue weighted by Crippen LogP contribution is 2.40. The summed E-state index contributed by atoms with van der Waals surface area (Å²) in [4.78, 5) is 28.7. The second kappa shape index (κ2) is 8.53. The van der Waals surface area contributed by atoms with Crippen LogP contribution in [0, 0.1) is 11.6 Å². The summed E-state index contributed by atoms with van der Waals surface area (Å²) in [5.74, 6) is -3.21. The number of hydrogen-bond donors (Lipinski definition) is 1. The number of Topliss-reactive ketones (excluding diaryl/α,β-unsaturated/α-hetero) is 1. The molecule has 1 heterocycles. The molecule has 1 aliphatic heterocycles. The summed E-state index contributed by atoms with van der Waals surface area (Å²) >= 11 is 0. The Hall–Kier alpha value is -3.06. The number of hydrogen-bond acceptors (Lipinski definition) is 4. The molecule has 3 rings (SSSR count). The summed E-state index contributed by atoms with van der Waals surface area (Å²) in [6.45, 7) is 0.896. The van der Waals surface area contributed by atoms with Crippen molar-refractivity contribution in [3.05, 3.63) is 76.9 Å². The van der Waals surface area contributed by atoms with Crippen LogP contribution in [0.2, 0.25) is 0 Å².